The zero-order valence-corrected chi connectivity index (χ0v) is 12.7. The summed E-state index contributed by atoms with van der Waals surface area (Å²) < 4.78 is 2.38. The number of fused-ring (bicyclic) bond motifs is 1. The summed E-state index contributed by atoms with van der Waals surface area (Å²) in [5, 5.41) is 0.384. The number of allylic oxidation sites excluding steroid dienone is 1. The maximum Gasteiger partial charge on any atom is 0.151 e. The molecule has 0 aliphatic heterocycles. The number of rotatable bonds is 5. The van der Waals surface area contributed by atoms with E-state index in [-0.39, 0.29) is 0 Å². The van der Waals surface area contributed by atoms with Gasteiger partial charge in [-0.1, -0.05) is 60.3 Å². The van der Waals surface area contributed by atoms with Crippen LogP contribution >= 0.6 is 23.1 Å². The molecule has 2 aromatic carbocycles. The molecular formula is C17H15NS2. The first-order valence-electron chi connectivity index (χ1n) is 6.55. The maximum atomic E-state index is 4.71. The first-order chi connectivity index (χ1) is 9.86. The van der Waals surface area contributed by atoms with Crippen molar-refractivity contribution < 1.29 is 0 Å². The Bertz CT molecular complexity index is 670. The summed E-state index contributed by atoms with van der Waals surface area (Å²) in [5.41, 5.74) is 2.42. The van der Waals surface area contributed by atoms with Gasteiger partial charge in [0.15, 0.2) is 4.34 Å². The molecule has 1 aromatic heterocycles. The number of thiazole rings is 1. The molecule has 100 valence electrons. The predicted molar refractivity (Wildman–Crippen MR) is 89.5 cm³/mol. The Hall–Kier alpha value is -1.58. The molecule has 0 N–H and O–H groups in total. The fourth-order valence-electron chi connectivity index (χ4n) is 2.09. The molecule has 0 aliphatic carbocycles. The van der Waals surface area contributed by atoms with Crippen molar-refractivity contribution in [1.82, 2.24) is 4.98 Å². The molecule has 0 fully saturated rings. The molecule has 0 radical (unpaired) electrons. The van der Waals surface area contributed by atoms with E-state index in [0.717, 1.165) is 16.3 Å². The van der Waals surface area contributed by atoms with Gasteiger partial charge in [0.2, 0.25) is 0 Å². The molecular weight excluding hydrogens is 282 g/mol. The highest BCUT2D eigenvalue weighted by molar-refractivity contribution is 8.01. The molecule has 0 spiro atoms. The highest BCUT2D eigenvalue weighted by atomic mass is 32.2. The van der Waals surface area contributed by atoms with E-state index in [2.05, 4.69) is 55.1 Å². The molecule has 1 unspecified atom stereocenters. The molecule has 0 saturated carbocycles. The van der Waals surface area contributed by atoms with Crippen LogP contribution in [0.5, 0.6) is 0 Å². The molecule has 20 heavy (non-hydrogen) atoms. The van der Waals surface area contributed by atoms with E-state index in [1.165, 1.54) is 10.3 Å². The zero-order chi connectivity index (χ0) is 13.8. The highest BCUT2D eigenvalue weighted by Crippen LogP contribution is 2.41. The molecule has 0 amide bonds. The van der Waals surface area contributed by atoms with Crippen molar-refractivity contribution >= 4 is 33.3 Å². The van der Waals surface area contributed by atoms with Crippen molar-refractivity contribution in [3.63, 3.8) is 0 Å². The van der Waals surface area contributed by atoms with Gasteiger partial charge in [-0.25, -0.2) is 4.98 Å². The lowest BCUT2D eigenvalue weighted by molar-refractivity contribution is 0.969. The minimum absolute atomic E-state index is 0.384. The van der Waals surface area contributed by atoms with Crippen LogP contribution in [0, 0.1) is 0 Å². The minimum Gasteiger partial charge on any atom is -0.230 e. The number of aromatic nitrogens is 1. The fraction of sp³-hybridized carbons (Fsp3) is 0.118. The summed E-state index contributed by atoms with van der Waals surface area (Å²) >= 11 is 3.59. The van der Waals surface area contributed by atoms with E-state index in [4.69, 9.17) is 4.98 Å². The Kier molecular flexibility index (Phi) is 4.19. The smallest absolute Gasteiger partial charge is 0.151 e. The van der Waals surface area contributed by atoms with E-state index in [1.807, 2.05) is 23.9 Å². The third kappa shape index (κ3) is 2.94. The van der Waals surface area contributed by atoms with E-state index < -0.39 is 0 Å². The van der Waals surface area contributed by atoms with Crippen LogP contribution in [0.15, 0.2) is 71.6 Å². The lowest BCUT2D eigenvalue weighted by atomic mass is 10.1. The zero-order valence-electron chi connectivity index (χ0n) is 11.0. The van der Waals surface area contributed by atoms with Crippen molar-refractivity contribution in [2.75, 3.05) is 0 Å². The van der Waals surface area contributed by atoms with E-state index in [1.54, 1.807) is 11.3 Å². The Morgan fingerprint density at radius 3 is 2.60 bits per heavy atom. The van der Waals surface area contributed by atoms with E-state index in [0.29, 0.717) is 5.25 Å². The Labute approximate surface area is 127 Å². The average Bonchev–Trinajstić information content (AvgIpc) is 2.90. The largest absolute Gasteiger partial charge is 0.230 e. The van der Waals surface area contributed by atoms with Crippen molar-refractivity contribution in [2.24, 2.45) is 0 Å². The number of hydrogen-bond donors (Lipinski definition) is 0. The second kappa shape index (κ2) is 6.25. The SMILES string of the molecule is C=CCC(Sc1nc2ccccc2s1)c1ccccc1. The van der Waals surface area contributed by atoms with Crippen molar-refractivity contribution in [1.29, 1.82) is 0 Å². The molecule has 3 rings (SSSR count). The van der Waals surface area contributed by atoms with Crippen LogP contribution in [0.1, 0.15) is 17.2 Å². The Morgan fingerprint density at radius 1 is 1.10 bits per heavy atom. The third-order valence-corrected chi connectivity index (χ3v) is 5.48. The highest BCUT2D eigenvalue weighted by Gasteiger charge is 2.14. The topological polar surface area (TPSA) is 12.9 Å². The molecule has 1 atom stereocenters. The monoisotopic (exact) mass is 297 g/mol. The summed E-state index contributed by atoms with van der Waals surface area (Å²) in [6, 6.07) is 18.9. The molecule has 0 aliphatic rings. The summed E-state index contributed by atoms with van der Waals surface area (Å²) in [5.74, 6) is 0. The quantitative estimate of drug-likeness (QED) is 0.442. The van der Waals surface area contributed by atoms with E-state index in [9.17, 15) is 0 Å². The summed E-state index contributed by atoms with van der Waals surface area (Å²) in [6.07, 6.45) is 2.93. The standard InChI is InChI=1S/C17H15NS2/c1-2-8-15(13-9-4-3-5-10-13)19-17-18-14-11-6-7-12-16(14)20-17/h2-7,9-12,15H,1,8H2. The van der Waals surface area contributed by atoms with Crippen LogP contribution in [0.3, 0.4) is 0 Å². The molecule has 1 nitrogen and oxygen atoms in total. The lowest BCUT2D eigenvalue weighted by Gasteiger charge is -2.13. The first-order valence-corrected chi connectivity index (χ1v) is 8.24. The van der Waals surface area contributed by atoms with Crippen LogP contribution < -0.4 is 0 Å². The molecule has 3 aromatic rings. The van der Waals surface area contributed by atoms with Crippen LogP contribution in [-0.2, 0) is 0 Å². The van der Waals surface area contributed by atoms with Crippen molar-refractivity contribution in [2.45, 2.75) is 16.0 Å². The van der Waals surface area contributed by atoms with Crippen LogP contribution in [-0.4, -0.2) is 4.98 Å². The molecule has 1 heterocycles. The van der Waals surface area contributed by atoms with Crippen molar-refractivity contribution in [3.8, 4) is 0 Å². The van der Waals surface area contributed by atoms with Crippen LogP contribution in [0.2, 0.25) is 0 Å². The molecule has 0 bridgehead atoms. The van der Waals surface area contributed by atoms with Crippen molar-refractivity contribution in [3.05, 3.63) is 72.8 Å². The van der Waals surface area contributed by atoms with E-state index >= 15 is 0 Å². The van der Waals surface area contributed by atoms with Gasteiger partial charge in [0.25, 0.3) is 0 Å². The number of thioether (sulfide) groups is 1. The summed E-state index contributed by atoms with van der Waals surface area (Å²) in [4.78, 5) is 4.71. The van der Waals surface area contributed by atoms with Gasteiger partial charge in [-0.05, 0) is 24.1 Å². The number of nitrogens with zero attached hydrogens (tertiary/aromatic N) is 1. The normalized spacial score (nSPS) is 12.4. The first kappa shape index (κ1) is 13.4. The van der Waals surface area contributed by atoms with Gasteiger partial charge < -0.3 is 0 Å². The Morgan fingerprint density at radius 2 is 1.85 bits per heavy atom. The fourth-order valence-corrected chi connectivity index (χ4v) is 4.52. The Balaban J connectivity index is 1.87. The second-order valence-electron chi connectivity index (χ2n) is 4.49. The summed E-state index contributed by atoms with van der Waals surface area (Å²) in [7, 11) is 0. The number of hydrogen-bond acceptors (Lipinski definition) is 3. The average molecular weight is 297 g/mol. The van der Waals surface area contributed by atoms with Gasteiger partial charge in [-0.15, -0.1) is 17.9 Å². The van der Waals surface area contributed by atoms with Crippen LogP contribution in [0.25, 0.3) is 10.2 Å². The maximum absolute atomic E-state index is 4.71. The third-order valence-electron chi connectivity index (χ3n) is 3.07. The van der Waals surface area contributed by atoms with Gasteiger partial charge in [0.1, 0.15) is 0 Å². The summed E-state index contributed by atoms with van der Waals surface area (Å²) in [6.45, 7) is 3.88. The predicted octanol–water partition coefficient (Wildman–Crippen LogP) is 5.71. The van der Waals surface area contributed by atoms with Gasteiger partial charge in [-0.3, -0.25) is 0 Å². The minimum atomic E-state index is 0.384. The van der Waals surface area contributed by atoms with Gasteiger partial charge >= 0.3 is 0 Å². The molecule has 0 saturated heterocycles. The number of para-hydroxylation sites is 1. The molecule has 3 heteroatoms. The van der Waals surface area contributed by atoms with Gasteiger partial charge in [0, 0.05) is 5.25 Å². The van der Waals surface area contributed by atoms with Gasteiger partial charge in [-0.2, -0.15) is 0 Å². The second-order valence-corrected chi connectivity index (χ2v) is 6.97. The lowest BCUT2D eigenvalue weighted by Crippen LogP contribution is -1.91. The number of benzene rings is 2. The van der Waals surface area contributed by atoms with Gasteiger partial charge in [0.05, 0.1) is 10.2 Å². The van der Waals surface area contributed by atoms with Crippen LogP contribution in [0.4, 0.5) is 0 Å².